The van der Waals surface area contributed by atoms with Crippen LogP contribution in [0.5, 0.6) is 0 Å². The Bertz CT molecular complexity index is 588. The number of ether oxygens (including phenoxy) is 1. The molecule has 0 aromatic carbocycles. The number of amides is 2. The van der Waals surface area contributed by atoms with Crippen LogP contribution in [0.3, 0.4) is 0 Å². The van der Waals surface area contributed by atoms with Gasteiger partial charge in [0.2, 0.25) is 5.91 Å². The largest absolute Gasteiger partial charge is 0.364 e. The number of carbonyl (C=O) groups is 2. The van der Waals surface area contributed by atoms with E-state index in [9.17, 15) is 9.59 Å². The maximum Gasteiger partial charge on any atom is 0.255 e. The number of nitrogens with zero attached hydrogens (tertiary/aromatic N) is 3. The van der Waals surface area contributed by atoms with Crippen LogP contribution in [0.15, 0.2) is 24.5 Å². The molecule has 0 N–H and O–H groups in total. The molecule has 2 atom stereocenters. The van der Waals surface area contributed by atoms with Crippen molar-refractivity contribution in [2.45, 2.75) is 25.0 Å². The van der Waals surface area contributed by atoms with Crippen LogP contribution in [0, 0.1) is 5.92 Å². The van der Waals surface area contributed by atoms with Crippen LogP contribution in [0.2, 0.25) is 0 Å². The van der Waals surface area contributed by atoms with Crippen molar-refractivity contribution in [2.24, 2.45) is 5.92 Å². The predicted octanol–water partition coefficient (Wildman–Crippen LogP) is 0.543. The highest BCUT2D eigenvalue weighted by Gasteiger charge is 2.45. The lowest BCUT2D eigenvalue weighted by Crippen LogP contribution is -2.54. The molecular weight excluding hydrogens is 282 g/mol. The van der Waals surface area contributed by atoms with Crippen molar-refractivity contribution in [3.05, 3.63) is 30.1 Å². The van der Waals surface area contributed by atoms with Gasteiger partial charge in [0, 0.05) is 32.0 Å². The average Bonchev–Trinajstić information content (AvgIpc) is 3.26. The number of aromatic nitrogens is 1. The zero-order valence-corrected chi connectivity index (χ0v) is 12.4. The van der Waals surface area contributed by atoms with Crippen molar-refractivity contribution in [2.75, 3.05) is 26.2 Å². The fourth-order valence-electron chi connectivity index (χ4n) is 3.32. The Morgan fingerprint density at radius 3 is 2.95 bits per heavy atom. The van der Waals surface area contributed by atoms with Crippen molar-refractivity contribution in [1.82, 2.24) is 14.8 Å². The van der Waals surface area contributed by atoms with Gasteiger partial charge in [-0.15, -0.1) is 0 Å². The van der Waals surface area contributed by atoms with Gasteiger partial charge in [0.1, 0.15) is 6.61 Å². The summed E-state index contributed by atoms with van der Waals surface area (Å²) in [5.41, 5.74) is 0.584. The number of pyridine rings is 1. The third kappa shape index (κ3) is 2.47. The van der Waals surface area contributed by atoms with E-state index in [1.807, 2.05) is 4.90 Å². The first kappa shape index (κ1) is 13.7. The van der Waals surface area contributed by atoms with E-state index in [-0.39, 0.29) is 30.6 Å². The van der Waals surface area contributed by atoms with Crippen molar-refractivity contribution in [3.63, 3.8) is 0 Å². The Morgan fingerprint density at radius 1 is 1.36 bits per heavy atom. The quantitative estimate of drug-likeness (QED) is 0.817. The molecule has 3 fully saturated rings. The number of morpholine rings is 1. The first-order chi connectivity index (χ1) is 10.7. The normalized spacial score (nSPS) is 27.9. The van der Waals surface area contributed by atoms with E-state index in [0.29, 0.717) is 24.6 Å². The van der Waals surface area contributed by atoms with Crippen molar-refractivity contribution in [3.8, 4) is 0 Å². The van der Waals surface area contributed by atoms with E-state index in [0.717, 1.165) is 6.54 Å². The van der Waals surface area contributed by atoms with Crippen molar-refractivity contribution in [1.29, 1.82) is 0 Å². The molecule has 2 saturated heterocycles. The second kappa shape index (κ2) is 5.35. The molecule has 1 aromatic rings. The van der Waals surface area contributed by atoms with Crippen LogP contribution in [0.1, 0.15) is 23.2 Å². The number of rotatable bonds is 3. The molecule has 0 bridgehead atoms. The minimum absolute atomic E-state index is 0.00229. The lowest BCUT2D eigenvalue weighted by molar-refractivity contribution is -0.153. The van der Waals surface area contributed by atoms with Gasteiger partial charge in [-0.3, -0.25) is 14.6 Å². The summed E-state index contributed by atoms with van der Waals surface area (Å²) in [7, 11) is 0. The fourth-order valence-corrected chi connectivity index (χ4v) is 3.32. The summed E-state index contributed by atoms with van der Waals surface area (Å²) in [4.78, 5) is 32.4. The summed E-state index contributed by atoms with van der Waals surface area (Å²) < 4.78 is 5.66. The zero-order valence-electron chi connectivity index (χ0n) is 12.4. The topological polar surface area (TPSA) is 62.7 Å². The Hall–Kier alpha value is -1.95. The third-order valence-corrected chi connectivity index (χ3v) is 4.73. The summed E-state index contributed by atoms with van der Waals surface area (Å²) >= 11 is 0. The molecule has 4 rings (SSSR count). The molecule has 3 heterocycles. The number of fused-ring (bicyclic) bond motifs is 1. The fraction of sp³-hybridized carbons (Fsp3) is 0.562. The highest BCUT2D eigenvalue weighted by Crippen LogP contribution is 2.33. The molecule has 6 nitrogen and oxygen atoms in total. The predicted molar refractivity (Wildman–Crippen MR) is 78.1 cm³/mol. The van der Waals surface area contributed by atoms with Crippen LogP contribution in [-0.2, 0) is 9.53 Å². The smallest absolute Gasteiger partial charge is 0.255 e. The molecule has 116 valence electrons. The maximum absolute atomic E-state index is 12.5. The van der Waals surface area contributed by atoms with E-state index in [2.05, 4.69) is 4.98 Å². The number of hydrogen-bond acceptors (Lipinski definition) is 4. The lowest BCUT2D eigenvalue weighted by Gasteiger charge is -2.36. The molecule has 22 heavy (non-hydrogen) atoms. The van der Waals surface area contributed by atoms with Gasteiger partial charge in [-0.05, 0) is 30.9 Å². The van der Waals surface area contributed by atoms with Crippen molar-refractivity contribution >= 4 is 11.8 Å². The van der Waals surface area contributed by atoms with Gasteiger partial charge in [-0.2, -0.15) is 0 Å². The second-order valence-corrected chi connectivity index (χ2v) is 6.36. The van der Waals surface area contributed by atoms with Crippen molar-refractivity contribution < 1.29 is 14.3 Å². The molecular formula is C16H19N3O3. The summed E-state index contributed by atoms with van der Waals surface area (Å²) in [5.74, 6) is 0.666. The molecule has 1 aliphatic carbocycles. The zero-order chi connectivity index (χ0) is 15.1. The average molecular weight is 301 g/mol. The summed E-state index contributed by atoms with van der Waals surface area (Å²) in [6.07, 6.45) is 5.59. The van der Waals surface area contributed by atoms with Crippen LogP contribution >= 0.6 is 0 Å². The Kier molecular flexibility index (Phi) is 3.33. The van der Waals surface area contributed by atoms with Gasteiger partial charge in [0.05, 0.1) is 17.7 Å². The molecule has 6 heteroatoms. The molecule has 1 aromatic heterocycles. The number of likely N-dealkylation sites (tertiary alicyclic amines) is 1. The molecule has 3 aliphatic rings. The molecule has 1 saturated carbocycles. The third-order valence-electron chi connectivity index (χ3n) is 4.73. The van der Waals surface area contributed by atoms with Gasteiger partial charge in [-0.25, -0.2) is 0 Å². The van der Waals surface area contributed by atoms with E-state index in [1.165, 1.54) is 12.8 Å². The van der Waals surface area contributed by atoms with Crippen LogP contribution in [0.25, 0.3) is 0 Å². The second-order valence-electron chi connectivity index (χ2n) is 6.36. The van der Waals surface area contributed by atoms with E-state index in [1.54, 1.807) is 29.4 Å². The van der Waals surface area contributed by atoms with E-state index >= 15 is 0 Å². The SMILES string of the molecule is O=C(c1cccnc1)N1CC2OCC(=O)N(CC3CC3)C2C1. The van der Waals surface area contributed by atoms with Gasteiger partial charge in [-0.1, -0.05) is 0 Å². The highest BCUT2D eigenvalue weighted by atomic mass is 16.5. The van der Waals surface area contributed by atoms with Gasteiger partial charge < -0.3 is 14.5 Å². The minimum atomic E-state index is -0.0583. The highest BCUT2D eigenvalue weighted by molar-refractivity contribution is 5.94. The number of carbonyl (C=O) groups excluding carboxylic acids is 2. The first-order valence-corrected chi connectivity index (χ1v) is 7.83. The van der Waals surface area contributed by atoms with Crippen LogP contribution in [0.4, 0.5) is 0 Å². The molecule has 2 aliphatic heterocycles. The van der Waals surface area contributed by atoms with Gasteiger partial charge in [0.15, 0.2) is 0 Å². The Labute approximate surface area is 129 Å². The standard InChI is InChI=1S/C16H19N3O3/c20-15-10-22-14-9-18(16(21)12-2-1-5-17-6-12)8-13(14)19(15)7-11-3-4-11/h1-2,5-6,11,13-14H,3-4,7-10H2. The maximum atomic E-state index is 12.5. The van der Waals surface area contributed by atoms with Crippen LogP contribution in [-0.4, -0.2) is 65.0 Å². The summed E-state index contributed by atoms with van der Waals surface area (Å²) in [6.45, 7) is 2.06. The lowest BCUT2D eigenvalue weighted by atomic mass is 10.1. The molecule has 0 radical (unpaired) electrons. The molecule has 0 spiro atoms. The van der Waals surface area contributed by atoms with E-state index < -0.39 is 0 Å². The van der Waals surface area contributed by atoms with Gasteiger partial charge in [0.25, 0.3) is 5.91 Å². The molecule has 2 unspecified atom stereocenters. The summed E-state index contributed by atoms with van der Waals surface area (Å²) in [6, 6.07) is 3.53. The monoisotopic (exact) mass is 301 g/mol. The minimum Gasteiger partial charge on any atom is -0.364 e. The first-order valence-electron chi connectivity index (χ1n) is 7.83. The number of hydrogen-bond donors (Lipinski definition) is 0. The summed E-state index contributed by atoms with van der Waals surface area (Å²) in [5, 5.41) is 0. The van der Waals surface area contributed by atoms with E-state index in [4.69, 9.17) is 4.74 Å². The Balaban J connectivity index is 1.49. The van der Waals surface area contributed by atoms with Gasteiger partial charge >= 0.3 is 0 Å². The molecule has 2 amide bonds. The van der Waals surface area contributed by atoms with Crippen LogP contribution < -0.4 is 0 Å². The Morgan fingerprint density at radius 2 is 2.23 bits per heavy atom.